The van der Waals surface area contributed by atoms with E-state index in [2.05, 4.69) is 15.1 Å². The lowest BCUT2D eigenvalue weighted by Gasteiger charge is -2.04. The SMILES string of the molecule is FCCCOc1ccc(-c2cc(CC3C=NC(c4cccc(F)c4F)=N3)on2)cc1. The van der Waals surface area contributed by atoms with Crippen LogP contribution < -0.4 is 4.74 Å². The minimum Gasteiger partial charge on any atom is -0.493 e. The minimum atomic E-state index is -0.965. The van der Waals surface area contributed by atoms with Gasteiger partial charge in [-0.1, -0.05) is 11.2 Å². The lowest BCUT2D eigenvalue weighted by Crippen LogP contribution is -2.07. The van der Waals surface area contributed by atoms with Crippen LogP contribution in [0.3, 0.4) is 0 Å². The molecule has 0 amide bonds. The molecule has 0 spiro atoms. The second kappa shape index (κ2) is 8.94. The molecule has 2 aromatic carbocycles. The standard InChI is InChI=1S/C22H18F3N3O2/c23-9-2-10-29-16-7-5-14(6-8-16)20-12-17(30-28-20)11-15-13-26-22(27-15)18-3-1-4-19(24)21(18)25/h1,3-8,12-13,15H,2,9-11H2. The largest absolute Gasteiger partial charge is 0.493 e. The van der Waals surface area contributed by atoms with E-state index in [0.29, 0.717) is 36.7 Å². The quantitative estimate of drug-likeness (QED) is 0.499. The van der Waals surface area contributed by atoms with Crippen LogP contribution in [0.4, 0.5) is 13.2 Å². The predicted octanol–water partition coefficient (Wildman–Crippen LogP) is 4.80. The van der Waals surface area contributed by atoms with E-state index < -0.39 is 18.3 Å². The van der Waals surface area contributed by atoms with E-state index in [9.17, 15) is 13.2 Å². The molecule has 5 nitrogen and oxygen atoms in total. The van der Waals surface area contributed by atoms with Crippen molar-refractivity contribution in [2.45, 2.75) is 18.9 Å². The van der Waals surface area contributed by atoms with Crippen molar-refractivity contribution in [2.75, 3.05) is 13.3 Å². The van der Waals surface area contributed by atoms with Gasteiger partial charge in [0.1, 0.15) is 17.2 Å². The van der Waals surface area contributed by atoms with Crippen LogP contribution in [0.2, 0.25) is 0 Å². The molecule has 0 bridgehead atoms. The average molecular weight is 413 g/mol. The van der Waals surface area contributed by atoms with Gasteiger partial charge >= 0.3 is 0 Å². The van der Waals surface area contributed by atoms with Gasteiger partial charge in [0, 0.05) is 30.7 Å². The summed E-state index contributed by atoms with van der Waals surface area (Å²) in [5, 5.41) is 4.07. The number of aliphatic imine (C=N–C) groups is 2. The molecule has 0 fully saturated rings. The Morgan fingerprint density at radius 3 is 2.70 bits per heavy atom. The van der Waals surface area contributed by atoms with Crippen molar-refractivity contribution in [3.63, 3.8) is 0 Å². The Bertz CT molecular complexity index is 1080. The molecule has 30 heavy (non-hydrogen) atoms. The van der Waals surface area contributed by atoms with Crippen LogP contribution >= 0.6 is 0 Å². The maximum absolute atomic E-state index is 13.9. The van der Waals surface area contributed by atoms with Crippen molar-refractivity contribution in [3.05, 3.63) is 71.5 Å². The van der Waals surface area contributed by atoms with Crippen molar-refractivity contribution in [3.8, 4) is 17.0 Å². The summed E-state index contributed by atoms with van der Waals surface area (Å²) in [5.74, 6) is -0.500. The van der Waals surface area contributed by atoms with E-state index in [1.54, 1.807) is 24.4 Å². The second-order valence-corrected chi connectivity index (χ2v) is 6.70. The van der Waals surface area contributed by atoms with Crippen LogP contribution in [0.1, 0.15) is 17.7 Å². The molecule has 1 aromatic heterocycles. The maximum Gasteiger partial charge on any atom is 0.169 e. The Balaban J connectivity index is 1.41. The molecular weight excluding hydrogens is 395 g/mol. The van der Waals surface area contributed by atoms with Crippen molar-refractivity contribution < 1.29 is 22.4 Å². The number of hydrogen-bond donors (Lipinski definition) is 0. The highest BCUT2D eigenvalue weighted by atomic mass is 19.2. The number of aromatic nitrogens is 1. The molecule has 1 aliphatic heterocycles. The Morgan fingerprint density at radius 1 is 1.07 bits per heavy atom. The van der Waals surface area contributed by atoms with Crippen LogP contribution in [0.5, 0.6) is 5.75 Å². The van der Waals surface area contributed by atoms with E-state index in [-0.39, 0.29) is 17.4 Å². The van der Waals surface area contributed by atoms with Crippen LogP contribution in [0.25, 0.3) is 11.3 Å². The Kier molecular flexibility index (Phi) is 5.92. The van der Waals surface area contributed by atoms with E-state index in [0.717, 1.165) is 11.6 Å². The zero-order valence-electron chi connectivity index (χ0n) is 15.9. The first-order chi connectivity index (χ1) is 14.6. The number of ether oxygens (including phenoxy) is 1. The number of benzene rings is 2. The molecule has 8 heteroatoms. The summed E-state index contributed by atoms with van der Waals surface area (Å²) in [6, 6.07) is 12.6. The molecule has 0 radical (unpaired) electrons. The monoisotopic (exact) mass is 413 g/mol. The second-order valence-electron chi connectivity index (χ2n) is 6.70. The van der Waals surface area contributed by atoms with Gasteiger partial charge in [-0.15, -0.1) is 0 Å². The normalized spacial score (nSPS) is 15.4. The number of halogens is 3. The van der Waals surface area contributed by atoms with Crippen LogP contribution in [-0.2, 0) is 6.42 Å². The fourth-order valence-corrected chi connectivity index (χ4v) is 3.01. The van der Waals surface area contributed by atoms with Crippen molar-refractivity contribution in [1.82, 2.24) is 5.16 Å². The third-order valence-electron chi connectivity index (χ3n) is 4.52. The van der Waals surface area contributed by atoms with Crippen molar-refractivity contribution in [1.29, 1.82) is 0 Å². The van der Waals surface area contributed by atoms with Crippen LogP contribution in [-0.4, -0.2) is 36.5 Å². The maximum atomic E-state index is 13.9. The first kappa shape index (κ1) is 19.9. The third kappa shape index (κ3) is 4.42. The smallest absolute Gasteiger partial charge is 0.169 e. The zero-order valence-corrected chi connectivity index (χ0v) is 15.9. The van der Waals surface area contributed by atoms with E-state index >= 15 is 0 Å². The number of alkyl halides is 1. The Labute approximate surface area is 170 Å². The van der Waals surface area contributed by atoms with E-state index in [4.69, 9.17) is 9.26 Å². The summed E-state index contributed by atoms with van der Waals surface area (Å²) in [4.78, 5) is 8.45. The third-order valence-corrected chi connectivity index (χ3v) is 4.52. The van der Waals surface area contributed by atoms with Gasteiger partial charge in [0.2, 0.25) is 0 Å². The number of nitrogens with zero attached hydrogens (tertiary/aromatic N) is 3. The summed E-state index contributed by atoms with van der Waals surface area (Å²) in [7, 11) is 0. The van der Waals surface area contributed by atoms with Gasteiger partial charge in [-0.05, 0) is 36.4 Å². The number of rotatable bonds is 8. The molecule has 2 heterocycles. The summed E-state index contributed by atoms with van der Waals surface area (Å²) in [6.07, 6.45) is 2.32. The van der Waals surface area contributed by atoms with Crippen LogP contribution in [0.15, 0.2) is 63.0 Å². The predicted molar refractivity (Wildman–Crippen MR) is 107 cm³/mol. The van der Waals surface area contributed by atoms with Gasteiger partial charge in [0.05, 0.1) is 24.9 Å². The van der Waals surface area contributed by atoms with Crippen molar-refractivity contribution >= 4 is 12.1 Å². The molecule has 0 saturated carbocycles. The van der Waals surface area contributed by atoms with Crippen molar-refractivity contribution in [2.24, 2.45) is 9.98 Å². The zero-order chi connectivity index (χ0) is 20.9. The van der Waals surface area contributed by atoms with Gasteiger partial charge in [0.25, 0.3) is 0 Å². The van der Waals surface area contributed by atoms with Gasteiger partial charge in [-0.2, -0.15) is 0 Å². The first-order valence-corrected chi connectivity index (χ1v) is 9.45. The molecule has 4 rings (SSSR count). The number of hydrogen-bond acceptors (Lipinski definition) is 5. The van der Waals surface area contributed by atoms with Crippen LogP contribution in [0, 0.1) is 11.6 Å². The Morgan fingerprint density at radius 2 is 1.90 bits per heavy atom. The van der Waals surface area contributed by atoms with Gasteiger partial charge < -0.3 is 9.26 Å². The summed E-state index contributed by atoms with van der Waals surface area (Å²) < 4.78 is 50.3. The first-order valence-electron chi connectivity index (χ1n) is 9.45. The lowest BCUT2D eigenvalue weighted by molar-refractivity contribution is 0.289. The molecule has 0 saturated heterocycles. The van der Waals surface area contributed by atoms with E-state index in [1.165, 1.54) is 12.1 Å². The summed E-state index contributed by atoms with van der Waals surface area (Å²) in [5.41, 5.74) is 1.52. The van der Waals surface area contributed by atoms with Gasteiger partial charge in [0.15, 0.2) is 17.5 Å². The molecule has 1 unspecified atom stereocenters. The fraction of sp³-hybridized carbons (Fsp3) is 0.227. The molecule has 1 atom stereocenters. The number of amidine groups is 1. The minimum absolute atomic E-state index is 0.0285. The highest BCUT2D eigenvalue weighted by Gasteiger charge is 2.20. The molecule has 3 aromatic rings. The molecule has 1 aliphatic rings. The highest BCUT2D eigenvalue weighted by Crippen LogP contribution is 2.24. The molecular formula is C22H18F3N3O2. The molecule has 0 N–H and O–H groups in total. The van der Waals surface area contributed by atoms with Gasteiger partial charge in [-0.25, -0.2) is 13.8 Å². The summed E-state index contributed by atoms with van der Waals surface area (Å²) >= 11 is 0. The average Bonchev–Trinajstić information content (AvgIpc) is 3.41. The lowest BCUT2D eigenvalue weighted by atomic mass is 10.1. The van der Waals surface area contributed by atoms with Gasteiger partial charge in [-0.3, -0.25) is 9.38 Å². The molecule has 0 aliphatic carbocycles. The topological polar surface area (TPSA) is 60.0 Å². The highest BCUT2D eigenvalue weighted by molar-refractivity contribution is 6.07. The summed E-state index contributed by atoms with van der Waals surface area (Å²) in [6.45, 7) is -0.0802. The Hall–Kier alpha value is -3.42. The fourth-order valence-electron chi connectivity index (χ4n) is 3.01. The molecule has 154 valence electrons. The van der Waals surface area contributed by atoms with E-state index in [1.807, 2.05) is 12.1 Å².